The second kappa shape index (κ2) is 12.2. The average Bonchev–Trinajstić information content (AvgIpc) is 2.35. The van der Waals surface area contributed by atoms with Crippen molar-refractivity contribution in [2.75, 3.05) is 13.1 Å². The lowest BCUT2D eigenvalue weighted by molar-refractivity contribution is -0.120. The van der Waals surface area contributed by atoms with Crippen LogP contribution in [0.1, 0.15) is 51.9 Å². The fourth-order valence-corrected chi connectivity index (χ4v) is 1.77. The van der Waals surface area contributed by atoms with Gasteiger partial charge in [-0.05, 0) is 24.9 Å². The molecule has 0 radical (unpaired) electrons. The summed E-state index contributed by atoms with van der Waals surface area (Å²) in [7, 11) is 0. The first-order valence-corrected chi connectivity index (χ1v) is 6.76. The Morgan fingerprint density at radius 3 is 2.67 bits per heavy atom. The van der Waals surface area contributed by atoms with Crippen molar-refractivity contribution in [3.8, 4) is 0 Å². The molecule has 0 heterocycles. The largest absolute Gasteiger partial charge is 0.368 e. The molecule has 0 aliphatic heterocycles. The minimum absolute atomic E-state index is 0.252. The van der Waals surface area contributed by atoms with Crippen molar-refractivity contribution in [3.63, 3.8) is 0 Å². The molecule has 1 atom stereocenters. The maximum absolute atomic E-state index is 11.2. The molecule has 0 rings (SSSR count). The van der Waals surface area contributed by atoms with E-state index in [1.807, 2.05) is 0 Å². The minimum Gasteiger partial charge on any atom is -0.368 e. The molecule has 0 aromatic rings. The first-order valence-electron chi connectivity index (χ1n) is 6.76. The number of primary amides is 1. The number of nitrogens with two attached hydrogens (primary N) is 1. The minimum atomic E-state index is -0.297. The zero-order valence-electron chi connectivity index (χ0n) is 11.3. The van der Waals surface area contributed by atoms with Gasteiger partial charge in [0.2, 0.25) is 5.91 Å². The van der Waals surface area contributed by atoms with Gasteiger partial charge >= 0.3 is 0 Å². The van der Waals surface area contributed by atoms with Crippen LogP contribution in [0, 0.1) is 0 Å². The van der Waals surface area contributed by atoms with Crippen molar-refractivity contribution < 1.29 is 4.79 Å². The summed E-state index contributed by atoms with van der Waals surface area (Å²) in [5, 5.41) is 6.54. The molecule has 0 bridgehead atoms. The highest BCUT2D eigenvalue weighted by Gasteiger charge is 2.13. The highest BCUT2D eigenvalue weighted by atomic mass is 16.1. The standard InChI is InChI=1S/C12H25N5O/c1-2-3-4-5-6-8-11(12(13)18)15-9-7-10-16-17-14/h11,15H,2-10H2,1H3,(H2,13,18). The van der Waals surface area contributed by atoms with E-state index >= 15 is 0 Å². The van der Waals surface area contributed by atoms with E-state index in [9.17, 15) is 4.79 Å². The lowest BCUT2D eigenvalue weighted by Crippen LogP contribution is -2.41. The molecule has 0 fully saturated rings. The summed E-state index contributed by atoms with van der Waals surface area (Å²) in [6.45, 7) is 3.28. The van der Waals surface area contributed by atoms with Crippen LogP contribution in [0.3, 0.4) is 0 Å². The third kappa shape index (κ3) is 9.93. The van der Waals surface area contributed by atoms with Crippen molar-refractivity contribution in [1.29, 1.82) is 0 Å². The molecule has 0 saturated heterocycles. The van der Waals surface area contributed by atoms with Crippen LogP contribution in [0.5, 0.6) is 0 Å². The first-order chi connectivity index (χ1) is 8.72. The molecule has 0 saturated carbocycles. The van der Waals surface area contributed by atoms with Crippen LogP contribution in [-0.4, -0.2) is 25.0 Å². The van der Waals surface area contributed by atoms with Crippen molar-refractivity contribution in [2.45, 2.75) is 57.9 Å². The predicted octanol–water partition coefficient (Wildman–Crippen LogP) is 2.49. The van der Waals surface area contributed by atoms with Crippen LogP contribution in [0.15, 0.2) is 5.11 Å². The summed E-state index contributed by atoms with van der Waals surface area (Å²) in [6.07, 6.45) is 7.38. The predicted molar refractivity (Wildman–Crippen MR) is 73.0 cm³/mol. The molecule has 0 aromatic heterocycles. The van der Waals surface area contributed by atoms with Gasteiger partial charge in [0.05, 0.1) is 6.04 Å². The number of nitrogens with zero attached hydrogens (tertiary/aromatic N) is 3. The smallest absolute Gasteiger partial charge is 0.234 e. The van der Waals surface area contributed by atoms with Gasteiger partial charge in [0.15, 0.2) is 0 Å². The van der Waals surface area contributed by atoms with Gasteiger partial charge < -0.3 is 11.1 Å². The highest BCUT2D eigenvalue weighted by molar-refractivity contribution is 5.79. The highest BCUT2D eigenvalue weighted by Crippen LogP contribution is 2.07. The number of hydrogen-bond donors (Lipinski definition) is 2. The molecule has 18 heavy (non-hydrogen) atoms. The van der Waals surface area contributed by atoms with Crippen LogP contribution in [0.4, 0.5) is 0 Å². The van der Waals surface area contributed by atoms with E-state index in [0.717, 1.165) is 25.7 Å². The zero-order chi connectivity index (χ0) is 13.6. The Morgan fingerprint density at radius 2 is 2.06 bits per heavy atom. The topological polar surface area (TPSA) is 104 Å². The molecule has 1 amide bonds. The third-order valence-electron chi connectivity index (χ3n) is 2.83. The Hall–Kier alpha value is -1.26. The van der Waals surface area contributed by atoms with Crippen LogP contribution in [0.2, 0.25) is 0 Å². The first kappa shape index (κ1) is 16.7. The molecule has 0 spiro atoms. The van der Waals surface area contributed by atoms with Gasteiger partial charge in [-0.25, -0.2) is 0 Å². The third-order valence-corrected chi connectivity index (χ3v) is 2.83. The van der Waals surface area contributed by atoms with Crippen molar-refractivity contribution >= 4 is 5.91 Å². The van der Waals surface area contributed by atoms with Gasteiger partial charge in [0.25, 0.3) is 0 Å². The van der Waals surface area contributed by atoms with Crippen LogP contribution in [-0.2, 0) is 4.79 Å². The molecule has 0 aromatic carbocycles. The molecule has 0 aliphatic rings. The number of azide groups is 1. The molecular formula is C12H25N5O. The van der Waals surface area contributed by atoms with Crippen molar-refractivity contribution in [1.82, 2.24) is 5.32 Å². The average molecular weight is 255 g/mol. The SMILES string of the molecule is CCCCCCCC(NCCCN=[N+]=[N-])C(N)=O. The number of amides is 1. The summed E-state index contributed by atoms with van der Waals surface area (Å²) in [6, 6.07) is -0.252. The molecule has 6 heteroatoms. The quantitative estimate of drug-likeness (QED) is 0.242. The van der Waals surface area contributed by atoms with Gasteiger partial charge in [0, 0.05) is 11.5 Å². The van der Waals surface area contributed by atoms with Crippen LogP contribution in [0.25, 0.3) is 10.4 Å². The normalized spacial score (nSPS) is 11.8. The van der Waals surface area contributed by atoms with E-state index in [1.54, 1.807) is 0 Å². The Balaban J connectivity index is 3.65. The number of unbranched alkanes of at least 4 members (excludes halogenated alkanes) is 4. The Kier molecular flexibility index (Phi) is 11.3. The molecule has 3 N–H and O–H groups in total. The molecule has 6 nitrogen and oxygen atoms in total. The Labute approximate surface area is 109 Å². The fraction of sp³-hybridized carbons (Fsp3) is 0.917. The molecular weight excluding hydrogens is 230 g/mol. The maximum Gasteiger partial charge on any atom is 0.234 e. The van der Waals surface area contributed by atoms with Gasteiger partial charge in [-0.3, -0.25) is 4.79 Å². The second-order valence-electron chi connectivity index (χ2n) is 4.42. The molecule has 104 valence electrons. The lowest BCUT2D eigenvalue weighted by atomic mass is 10.1. The zero-order valence-corrected chi connectivity index (χ0v) is 11.3. The van der Waals surface area contributed by atoms with Gasteiger partial charge in [-0.15, -0.1) is 0 Å². The van der Waals surface area contributed by atoms with E-state index in [-0.39, 0.29) is 11.9 Å². The van der Waals surface area contributed by atoms with Crippen molar-refractivity contribution in [3.05, 3.63) is 10.4 Å². The van der Waals surface area contributed by atoms with Gasteiger partial charge in [-0.1, -0.05) is 44.1 Å². The van der Waals surface area contributed by atoms with E-state index in [4.69, 9.17) is 11.3 Å². The summed E-state index contributed by atoms with van der Waals surface area (Å²) >= 11 is 0. The van der Waals surface area contributed by atoms with Crippen LogP contribution < -0.4 is 11.1 Å². The molecule has 1 unspecified atom stereocenters. The van der Waals surface area contributed by atoms with Crippen LogP contribution >= 0.6 is 0 Å². The summed E-state index contributed by atoms with van der Waals surface area (Å²) in [5.41, 5.74) is 13.4. The van der Waals surface area contributed by atoms with Crippen molar-refractivity contribution in [2.24, 2.45) is 10.8 Å². The van der Waals surface area contributed by atoms with Gasteiger partial charge in [0.1, 0.15) is 0 Å². The van der Waals surface area contributed by atoms with E-state index in [2.05, 4.69) is 22.3 Å². The number of hydrogen-bond acceptors (Lipinski definition) is 3. The van der Waals surface area contributed by atoms with Gasteiger partial charge in [-0.2, -0.15) is 0 Å². The van der Waals surface area contributed by atoms with E-state index in [1.165, 1.54) is 19.3 Å². The van der Waals surface area contributed by atoms with E-state index < -0.39 is 0 Å². The monoisotopic (exact) mass is 255 g/mol. The van der Waals surface area contributed by atoms with E-state index in [0.29, 0.717) is 13.1 Å². The Morgan fingerprint density at radius 1 is 1.33 bits per heavy atom. The lowest BCUT2D eigenvalue weighted by Gasteiger charge is -2.14. The summed E-state index contributed by atoms with van der Waals surface area (Å²) in [5.74, 6) is -0.297. The Bertz CT molecular complexity index is 263. The number of carbonyl (C=O) groups excluding carboxylic acids is 1. The fourth-order valence-electron chi connectivity index (χ4n) is 1.77. The summed E-state index contributed by atoms with van der Waals surface area (Å²) in [4.78, 5) is 13.9. The second-order valence-corrected chi connectivity index (χ2v) is 4.42. The maximum atomic E-state index is 11.2. The number of nitrogens with one attached hydrogen (secondary N) is 1. The number of carbonyl (C=O) groups is 1. The molecule has 0 aliphatic carbocycles. The summed E-state index contributed by atoms with van der Waals surface area (Å²) < 4.78 is 0. The number of rotatable bonds is 12.